The molecule has 2 N–H and O–H groups in total. The first-order valence-corrected chi connectivity index (χ1v) is 6.28. The Hall–Kier alpha value is -1.35. The van der Waals surface area contributed by atoms with E-state index >= 15 is 0 Å². The molecule has 0 radical (unpaired) electrons. The lowest BCUT2D eigenvalue weighted by Gasteiger charge is -2.38. The first-order chi connectivity index (χ1) is 8.26. The maximum Gasteiger partial charge on any atom is 0.335 e. The van der Waals surface area contributed by atoms with Gasteiger partial charge in [-0.1, -0.05) is 32.9 Å². The molecule has 2 atom stereocenters. The van der Waals surface area contributed by atoms with Crippen molar-refractivity contribution in [2.45, 2.75) is 45.1 Å². The molecule has 1 aliphatic rings. The van der Waals surface area contributed by atoms with Crippen LogP contribution in [-0.4, -0.2) is 22.3 Å². The smallest absolute Gasteiger partial charge is 0.335 e. The van der Waals surface area contributed by atoms with Gasteiger partial charge in [0, 0.05) is 5.41 Å². The third-order valence-electron chi connectivity index (χ3n) is 4.65. The molecule has 1 saturated carbocycles. The van der Waals surface area contributed by atoms with Crippen molar-refractivity contribution in [3.05, 3.63) is 35.4 Å². The first kappa shape index (κ1) is 13.1. The van der Waals surface area contributed by atoms with Gasteiger partial charge < -0.3 is 10.2 Å². The summed E-state index contributed by atoms with van der Waals surface area (Å²) < 4.78 is 0. The molecule has 0 spiro atoms. The molecule has 3 heteroatoms. The zero-order valence-electron chi connectivity index (χ0n) is 11.1. The molecule has 2 rings (SSSR count). The van der Waals surface area contributed by atoms with Gasteiger partial charge in [-0.3, -0.25) is 0 Å². The monoisotopic (exact) mass is 248 g/mol. The Morgan fingerprint density at radius 3 is 2.11 bits per heavy atom. The average molecular weight is 248 g/mol. The molecule has 98 valence electrons. The van der Waals surface area contributed by atoms with Crippen molar-refractivity contribution in [2.75, 3.05) is 0 Å². The lowest BCUT2D eigenvalue weighted by atomic mass is 9.65. The van der Waals surface area contributed by atoms with Gasteiger partial charge in [-0.2, -0.15) is 0 Å². The largest absolute Gasteiger partial charge is 0.478 e. The van der Waals surface area contributed by atoms with E-state index in [-0.39, 0.29) is 16.9 Å². The van der Waals surface area contributed by atoms with Crippen LogP contribution in [-0.2, 0) is 5.41 Å². The van der Waals surface area contributed by atoms with Crippen LogP contribution < -0.4 is 0 Å². The average Bonchev–Trinajstić information content (AvgIpc) is 2.48. The van der Waals surface area contributed by atoms with Gasteiger partial charge in [0.2, 0.25) is 0 Å². The van der Waals surface area contributed by atoms with Crippen molar-refractivity contribution in [1.29, 1.82) is 0 Å². The van der Waals surface area contributed by atoms with E-state index in [1.807, 2.05) is 12.1 Å². The van der Waals surface area contributed by atoms with Gasteiger partial charge in [0.15, 0.2) is 0 Å². The van der Waals surface area contributed by atoms with E-state index in [1.54, 1.807) is 12.1 Å². The van der Waals surface area contributed by atoms with Crippen molar-refractivity contribution in [2.24, 2.45) is 5.41 Å². The number of hydrogen-bond acceptors (Lipinski definition) is 2. The van der Waals surface area contributed by atoms with E-state index in [1.165, 1.54) is 0 Å². The second-order valence-corrected chi connectivity index (χ2v) is 6.16. The maximum atomic E-state index is 10.9. The Morgan fingerprint density at radius 2 is 1.72 bits per heavy atom. The maximum absolute atomic E-state index is 10.9. The predicted octanol–water partition coefficient (Wildman–Crippen LogP) is 2.82. The molecule has 18 heavy (non-hydrogen) atoms. The van der Waals surface area contributed by atoms with E-state index in [4.69, 9.17) is 5.11 Å². The molecule has 0 heterocycles. The van der Waals surface area contributed by atoms with Crippen molar-refractivity contribution in [3.63, 3.8) is 0 Å². The first-order valence-electron chi connectivity index (χ1n) is 6.28. The number of hydrogen-bond donors (Lipinski definition) is 2. The van der Waals surface area contributed by atoms with E-state index in [2.05, 4.69) is 20.8 Å². The fourth-order valence-electron chi connectivity index (χ4n) is 3.12. The summed E-state index contributed by atoms with van der Waals surface area (Å²) in [5.74, 6) is -0.905. The van der Waals surface area contributed by atoms with Gasteiger partial charge in [-0.25, -0.2) is 4.79 Å². The normalized spacial score (nSPS) is 30.3. The highest BCUT2D eigenvalue weighted by Crippen LogP contribution is 2.53. The van der Waals surface area contributed by atoms with E-state index in [0.29, 0.717) is 5.56 Å². The predicted molar refractivity (Wildman–Crippen MR) is 69.8 cm³/mol. The number of rotatable bonds is 2. The minimum atomic E-state index is -0.905. The van der Waals surface area contributed by atoms with Crippen LogP contribution in [0.4, 0.5) is 0 Å². The van der Waals surface area contributed by atoms with Gasteiger partial charge >= 0.3 is 5.97 Å². The van der Waals surface area contributed by atoms with Crippen LogP contribution in [0, 0.1) is 5.41 Å². The molecular weight excluding hydrogens is 228 g/mol. The van der Waals surface area contributed by atoms with Gasteiger partial charge in [-0.05, 0) is 36.0 Å². The van der Waals surface area contributed by atoms with Crippen LogP contribution in [0.5, 0.6) is 0 Å². The highest BCUT2D eigenvalue weighted by molar-refractivity contribution is 5.87. The summed E-state index contributed by atoms with van der Waals surface area (Å²) in [5, 5.41) is 18.8. The van der Waals surface area contributed by atoms with Crippen LogP contribution in [0.3, 0.4) is 0 Å². The summed E-state index contributed by atoms with van der Waals surface area (Å²) in [5.41, 5.74) is 1.31. The van der Waals surface area contributed by atoms with E-state index in [9.17, 15) is 9.90 Å². The summed E-state index contributed by atoms with van der Waals surface area (Å²) in [6, 6.07) is 7.04. The quantitative estimate of drug-likeness (QED) is 0.846. The van der Waals surface area contributed by atoms with Crippen molar-refractivity contribution in [1.82, 2.24) is 0 Å². The Morgan fingerprint density at radius 1 is 1.17 bits per heavy atom. The second kappa shape index (κ2) is 4.09. The van der Waals surface area contributed by atoms with Gasteiger partial charge in [0.05, 0.1) is 11.7 Å². The van der Waals surface area contributed by atoms with Crippen molar-refractivity contribution < 1.29 is 15.0 Å². The number of carbonyl (C=O) groups is 1. The van der Waals surface area contributed by atoms with E-state index in [0.717, 1.165) is 18.4 Å². The number of aliphatic hydroxyl groups excluding tert-OH is 1. The summed E-state index contributed by atoms with van der Waals surface area (Å²) in [6.07, 6.45) is 1.24. The summed E-state index contributed by atoms with van der Waals surface area (Å²) in [7, 11) is 0. The Kier molecular flexibility index (Phi) is 2.98. The minimum Gasteiger partial charge on any atom is -0.478 e. The summed E-state index contributed by atoms with van der Waals surface area (Å²) in [6.45, 7) is 6.47. The van der Waals surface area contributed by atoms with Crippen LogP contribution in [0.25, 0.3) is 0 Å². The van der Waals surface area contributed by atoms with Crippen molar-refractivity contribution >= 4 is 5.97 Å². The fourth-order valence-corrected chi connectivity index (χ4v) is 3.12. The Bertz CT molecular complexity index is 461. The van der Waals surface area contributed by atoms with Crippen LogP contribution in [0.2, 0.25) is 0 Å². The number of aliphatic hydroxyl groups is 1. The zero-order valence-corrected chi connectivity index (χ0v) is 11.1. The molecular formula is C15H20O3. The molecule has 0 saturated heterocycles. The fraction of sp³-hybridized carbons (Fsp3) is 0.533. The van der Waals surface area contributed by atoms with Gasteiger partial charge in [0.1, 0.15) is 0 Å². The summed E-state index contributed by atoms with van der Waals surface area (Å²) >= 11 is 0. The van der Waals surface area contributed by atoms with Gasteiger partial charge in [0.25, 0.3) is 0 Å². The van der Waals surface area contributed by atoms with Gasteiger partial charge in [-0.15, -0.1) is 0 Å². The van der Waals surface area contributed by atoms with E-state index < -0.39 is 5.97 Å². The topological polar surface area (TPSA) is 57.5 Å². The molecule has 1 fully saturated rings. The Labute approximate surface area is 107 Å². The molecule has 1 aliphatic carbocycles. The highest BCUT2D eigenvalue weighted by Gasteiger charge is 2.49. The molecule has 0 bridgehead atoms. The number of benzene rings is 1. The lowest BCUT2D eigenvalue weighted by Crippen LogP contribution is -2.34. The van der Waals surface area contributed by atoms with Crippen LogP contribution in [0.1, 0.15) is 49.5 Å². The molecule has 0 amide bonds. The number of carboxylic acids is 1. The lowest BCUT2D eigenvalue weighted by molar-refractivity contribution is 0.0696. The molecule has 0 aliphatic heterocycles. The molecule has 1 aromatic rings. The third-order valence-corrected chi connectivity index (χ3v) is 4.65. The summed E-state index contributed by atoms with van der Waals surface area (Å²) in [4.78, 5) is 10.9. The standard InChI is InChI=1S/C15H20O3/c1-14(2)8-12(16)9-15(14,3)11-6-4-10(5-7-11)13(17)18/h4-7,12,16H,8-9H2,1-3H3,(H,17,18)/t12-,15+/m0/s1. The minimum absolute atomic E-state index is 0.0111. The number of carboxylic acid groups (broad SMARTS) is 1. The second-order valence-electron chi connectivity index (χ2n) is 6.16. The van der Waals surface area contributed by atoms with Crippen molar-refractivity contribution in [3.8, 4) is 0 Å². The van der Waals surface area contributed by atoms with Crippen LogP contribution >= 0.6 is 0 Å². The Balaban J connectivity index is 2.39. The zero-order chi connectivity index (χ0) is 13.6. The molecule has 1 aromatic carbocycles. The molecule has 3 nitrogen and oxygen atoms in total. The third kappa shape index (κ3) is 1.93. The molecule has 0 aromatic heterocycles. The SMILES string of the molecule is CC1(C)C[C@H](O)C[C@]1(C)c1ccc(C(=O)O)cc1. The molecule has 0 unspecified atom stereocenters. The van der Waals surface area contributed by atoms with Crippen LogP contribution in [0.15, 0.2) is 24.3 Å². The number of aromatic carboxylic acids is 1. The highest BCUT2D eigenvalue weighted by atomic mass is 16.4.